The molecule has 0 aliphatic carbocycles. The Hall–Kier alpha value is -0.720. The number of aliphatic hydroxyl groups excluding tert-OH is 1. The van der Waals surface area contributed by atoms with Gasteiger partial charge < -0.3 is 15.2 Å². The third kappa shape index (κ3) is 4.92. The number of benzene rings is 1. The second-order valence-corrected chi connectivity index (χ2v) is 7.81. The predicted molar refractivity (Wildman–Crippen MR) is 97.3 cm³/mol. The fourth-order valence-electron chi connectivity index (χ4n) is 3.76. The van der Waals surface area contributed by atoms with E-state index in [2.05, 4.69) is 10.2 Å². The van der Waals surface area contributed by atoms with E-state index in [1.54, 1.807) is 12.1 Å². The van der Waals surface area contributed by atoms with E-state index in [1.807, 2.05) is 0 Å². The van der Waals surface area contributed by atoms with E-state index in [9.17, 15) is 9.50 Å². The fraction of sp³-hybridized carbons (Fsp3) is 0.684. The molecule has 2 N–H and O–H groups in total. The van der Waals surface area contributed by atoms with Crippen molar-refractivity contribution < 1.29 is 14.2 Å². The molecule has 2 aliphatic rings. The van der Waals surface area contributed by atoms with Gasteiger partial charge in [0.05, 0.1) is 6.61 Å². The van der Waals surface area contributed by atoms with E-state index < -0.39 is 0 Å². The van der Waals surface area contributed by atoms with Gasteiger partial charge in [-0.15, -0.1) is 0 Å². The van der Waals surface area contributed by atoms with Crippen LogP contribution in [0.2, 0.25) is 5.02 Å². The maximum absolute atomic E-state index is 13.9. The third-order valence-corrected chi connectivity index (χ3v) is 6.04. The molecule has 0 saturated carbocycles. The van der Waals surface area contributed by atoms with Crippen molar-refractivity contribution in [3.63, 3.8) is 0 Å². The van der Waals surface area contributed by atoms with Crippen LogP contribution in [0, 0.1) is 11.2 Å². The van der Waals surface area contributed by atoms with Gasteiger partial charge in [-0.2, -0.15) is 0 Å². The summed E-state index contributed by atoms with van der Waals surface area (Å²) in [6.45, 7) is 4.96. The Kier molecular flexibility index (Phi) is 6.69. The molecule has 0 amide bonds. The van der Waals surface area contributed by atoms with E-state index in [0.717, 1.165) is 58.5 Å². The normalized spacial score (nSPS) is 22.2. The van der Waals surface area contributed by atoms with Gasteiger partial charge in [0.15, 0.2) is 0 Å². The van der Waals surface area contributed by atoms with E-state index in [1.165, 1.54) is 6.07 Å². The molecule has 6 heteroatoms. The molecule has 2 aliphatic heterocycles. The molecule has 1 aromatic carbocycles. The minimum absolute atomic E-state index is 0.0317. The molecule has 2 heterocycles. The summed E-state index contributed by atoms with van der Waals surface area (Å²) in [6, 6.07) is 5.32. The molecule has 25 heavy (non-hydrogen) atoms. The van der Waals surface area contributed by atoms with E-state index >= 15 is 0 Å². The molecule has 3 rings (SSSR count). The molecule has 1 aromatic rings. The van der Waals surface area contributed by atoms with Crippen LogP contribution in [-0.4, -0.2) is 55.5 Å². The molecule has 0 atom stereocenters. The maximum Gasteiger partial charge on any atom is 0.129 e. The first-order chi connectivity index (χ1) is 12.1. The Morgan fingerprint density at radius 1 is 1.28 bits per heavy atom. The van der Waals surface area contributed by atoms with Crippen molar-refractivity contribution in [3.8, 4) is 0 Å². The maximum atomic E-state index is 13.9. The van der Waals surface area contributed by atoms with Gasteiger partial charge in [0.1, 0.15) is 5.82 Å². The molecule has 140 valence electrons. The molecule has 0 aromatic heterocycles. The summed E-state index contributed by atoms with van der Waals surface area (Å²) < 4.78 is 19.4. The summed E-state index contributed by atoms with van der Waals surface area (Å²) in [5, 5.41) is 13.9. The standard InChI is InChI=1S/C19H28ClFN2O2/c20-17-2-1-3-18(21)16(17)12-23-8-4-15(5-9-23)22-13-19(14-24)6-10-25-11-7-19/h1-3,15,22,24H,4-14H2. The number of hydrogen-bond acceptors (Lipinski definition) is 4. The van der Waals surface area contributed by atoms with Crippen LogP contribution >= 0.6 is 11.6 Å². The number of rotatable bonds is 6. The topological polar surface area (TPSA) is 44.7 Å². The highest BCUT2D eigenvalue weighted by Crippen LogP contribution is 2.29. The van der Waals surface area contributed by atoms with Crippen molar-refractivity contribution in [1.29, 1.82) is 0 Å². The highest BCUT2D eigenvalue weighted by molar-refractivity contribution is 6.31. The molecule has 2 saturated heterocycles. The molecule has 2 fully saturated rings. The second kappa shape index (κ2) is 8.78. The summed E-state index contributed by atoms with van der Waals surface area (Å²) >= 11 is 6.13. The Balaban J connectivity index is 1.46. The zero-order chi connectivity index (χ0) is 17.7. The third-order valence-electron chi connectivity index (χ3n) is 5.69. The highest BCUT2D eigenvalue weighted by atomic mass is 35.5. The smallest absolute Gasteiger partial charge is 0.129 e. The van der Waals surface area contributed by atoms with Crippen LogP contribution in [0.1, 0.15) is 31.2 Å². The fourth-order valence-corrected chi connectivity index (χ4v) is 3.98. The van der Waals surface area contributed by atoms with Crippen LogP contribution in [0.15, 0.2) is 18.2 Å². The van der Waals surface area contributed by atoms with Gasteiger partial charge in [0, 0.05) is 48.3 Å². The first-order valence-corrected chi connectivity index (χ1v) is 9.57. The van der Waals surface area contributed by atoms with Crippen LogP contribution in [0.25, 0.3) is 0 Å². The summed E-state index contributed by atoms with van der Waals surface area (Å²) in [5.74, 6) is -0.225. The van der Waals surface area contributed by atoms with E-state index in [4.69, 9.17) is 16.3 Å². The highest BCUT2D eigenvalue weighted by Gasteiger charge is 2.33. The first-order valence-electron chi connectivity index (χ1n) is 9.19. The number of ether oxygens (including phenoxy) is 1. The molecular weight excluding hydrogens is 343 g/mol. The van der Waals surface area contributed by atoms with Gasteiger partial charge in [0.25, 0.3) is 0 Å². The zero-order valence-corrected chi connectivity index (χ0v) is 15.4. The van der Waals surface area contributed by atoms with Crippen LogP contribution in [0.4, 0.5) is 4.39 Å². The average molecular weight is 371 g/mol. The van der Waals surface area contributed by atoms with Crippen molar-refractivity contribution in [3.05, 3.63) is 34.6 Å². The first kappa shape index (κ1) is 19.1. The molecule has 0 radical (unpaired) electrons. The Labute approximate surface area is 154 Å². The van der Waals surface area contributed by atoms with Crippen LogP contribution < -0.4 is 5.32 Å². The van der Waals surface area contributed by atoms with E-state index in [0.29, 0.717) is 23.2 Å². The molecule has 0 bridgehead atoms. The number of nitrogens with one attached hydrogen (secondary N) is 1. The summed E-state index contributed by atoms with van der Waals surface area (Å²) in [4.78, 5) is 2.26. The number of halogens is 2. The Morgan fingerprint density at radius 2 is 2.00 bits per heavy atom. The second-order valence-electron chi connectivity index (χ2n) is 7.40. The van der Waals surface area contributed by atoms with Gasteiger partial charge in [-0.1, -0.05) is 17.7 Å². The number of nitrogens with zero attached hydrogens (tertiary/aromatic N) is 1. The minimum Gasteiger partial charge on any atom is -0.396 e. The number of aliphatic hydroxyl groups is 1. The van der Waals surface area contributed by atoms with Crippen molar-refractivity contribution in [2.45, 2.75) is 38.3 Å². The zero-order valence-electron chi connectivity index (χ0n) is 14.6. The SMILES string of the molecule is OCC1(CNC2CCN(Cc3c(F)cccc3Cl)CC2)CCOCC1. The van der Waals surface area contributed by atoms with Crippen molar-refractivity contribution in [2.24, 2.45) is 5.41 Å². The lowest BCUT2D eigenvalue weighted by Gasteiger charge is -2.39. The Morgan fingerprint density at radius 3 is 2.64 bits per heavy atom. The van der Waals surface area contributed by atoms with Gasteiger partial charge in [-0.3, -0.25) is 4.90 Å². The van der Waals surface area contributed by atoms with Crippen LogP contribution in [0.3, 0.4) is 0 Å². The van der Waals surface area contributed by atoms with Gasteiger partial charge in [-0.25, -0.2) is 4.39 Å². The van der Waals surface area contributed by atoms with Crippen molar-refractivity contribution >= 4 is 11.6 Å². The van der Waals surface area contributed by atoms with Crippen LogP contribution in [0.5, 0.6) is 0 Å². The average Bonchev–Trinajstić information content (AvgIpc) is 2.65. The van der Waals surface area contributed by atoms with Gasteiger partial charge in [-0.05, 0) is 50.9 Å². The Bertz CT molecular complexity index is 538. The molecule has 4 nitrogen and oxygen atoms in total. The molecule has 0 spiro atoms. The molecular formula is C19H28ClFN2O2. The van der Waals surface area contributed by atoms with Gasteiger partial charge >= 0.3 is 0 Å². The largest absolute Gasteiger partial charge is 0.396 e. The quantitative estimate of drug-likeness (QED) is 0.808. The number of likely N-dealkylation sites (tertiary alicyclic amines) is 1. The monoisotopic (exact) mass is 370 g/mol. The minimum atomic E-state index is -0.225. The summed E-state index contributed by atoms with van der Waals surface area (Å²) in [5.41, 5.74) is 0.563. The van der Waals surface area contributed by atoms with Crippen molar-refractivity contribution in [2.75, 3.05) is 39.5 Å². The number of piperidine rings is 1. The van der Waals surface area contributed by atoms with Crippen LogP contribution in [-0.2, 0) is 11.3 Å². The predicted octanol–water partition coefficient (Wildman–Crippen LogP) is 2.82. The lowest BCUT2D eigenvalue weighted by Crippen LogP contribution is -2.48. The summed E-state index contributed by atoms with van der Waals surface area (Å²) in [6.07, 6.45) is 3.90. The lowest BCUT2D eigenvalue weighted by atomic mass is 9.80. The van der Waals surface area contributed by atoms with Crippen molar-refractivity contribution in [1.82, 2.24) is 10.2 Å². The molecule has 0 unspecified atom stereocenters. The lowest BCUT2D eigenvalue weighted by molar-refractivity contribution is -0.0175. The number of hydrogen-bond donors (Lipinski definition) is 2. The summed E-state index contributed by atoms with van der Waals surface area (Å²) in [7, 11) is 0. The van der Waals surface area contributed by atoms with Gasteiger partial charge in [0.2, 0.25) is 0 Å². The van der Waals surface area contributed by atoms with E-state index in [-0.39, 0.29) is 17.8 Å².